The Kier molecular flexibility index (Phi) is 5.64. The number of carbonyl (C=O) groups is 2. The molecule has 2 N–H and O–H groups in total. The van der Waals surface area contributed by atoms with Crippen LogP contribution in [0, 0.1) is 12.7 Å². The van der Waals surface area contributed by atoms with E-state index in [-0.39, 0.29) is 18.0 Å². The van der Waals surface area contributed by atoms with Crippen LogP contribution in [0.15, 0.2) is 71.7 Å². The predicted molar refractivity (Wildman–Crippen MR) is 105 cm³/mol. The zero-order chi connectivity index (χ0) is 20.1. The maximum absolute atomic E-state index is 13.2. The van der Waals surface area contributed by atoms with Gasteiger partial charge in [0.05, 0.1) is 0 Å². The van der Waals surface area contributed by atoms with Crippen LogP contribution in [0.25, 0.3) is 0 Å². The minimum atomic E-state index is -0.441. The van der Waals surface area contributed by atoms with Crippen molar-refractivity contribution in [1.29, 1.82) is 0 Å². The highest BCUT2D eigenvalue weighted by molar-refractivity contribution is 6.04. The standard InChI is InChI=1S/C21H18FN3O3/c1-14-5-10-20(27)25(12-14)13-19(26)23-17-8-6-15(7-9-17)21(28)24-18-4-2-3-16(22)11-18/h2-12H,13H2,1H3,(H,23,26)(H,24,28). The number of nitrogens with one attached hydrogen (secondary N) is 2. The van der Waals surface area contributed by atoms with E-state index in [1.165, 1.54) is 28.8 Å². The molecule has 3 rings (SSSR count). The number of aromatic nitrogens is 1. The molecule has 0 aliphatic carbocycles. The van der Waals surface area contributed by atoms with Gasteiger partial charge in [-0.05, 0) is 55.0 Å². The van der Waals surface area contributed by atoms with Gasteiger partial charge in [-0.15, -0.1) is 0 Å². The lowest BCUT2D eigenvalue weighted by atomic mass is 10.2. The molecule has 0 unspecified atom stereocenters. The van der Waals surface area contributed by atoms with Gasteiger partial charge in [0.1, 0.15) is 12.4 Å². The summed E-state index contributed by atoms with van der Waals surface area (Å²) in [5.41, 5.74) is 1.82. The summed E-state index contributed by atoms with van der Waals surface area (Å²) in [6.45, 7) is 1.73. The van der Waals surface area contributed by atoms with Crippen molar-refractivity contribution < 1.29 is 14.0 Å². The van der Waals surface area contributed by atoms with Gasteiger partial charge in [0.2, 0.25) is 5.91 Å². The third kappa shape index (κ3) is 4.91. The van der Waals surface area contributed by atoms with Crippen molar-refractivity contribution in [1.82, 2.24) is 4.57 Å². The molecule has 6 nitrogen and oxygen atoms in total. The molecule has 0 fully saturated rings. The number of rotatable bonds is 5. The smallest absolute Gasteiger partial charge is 0.255 e. The number of halogens is 1. The normalized spacial score (nSPS) is 10.4. The average Bonchev–Trinajstić information content (AvgIpc) is 2.65. The topological polar surface area (TPSA) is 80.2 Å². The summed E-state index contributed by atoms with van der Waals surface area (Å²) in [4.78, 5) is 36.1. The lowest BCUT2D eigenvalue weighted by Gasteiger charge is -2.09. The summed E-state index contributed by atoms with van der Waals surface area (Å²) < 4.78 is 14.5. The molecule has 2 aromatic carbocycles. The van der Waals surface area contributed by atoms with Crippen LogP contribution in [0.5, 0.6) is 0 Å². The second kappa shape index (κ2) is 8.30. The number of amides is 2. The van der Waals surface area contributed by atoms with Crippen LogP contribution in [-0.2, 0) is 11.3 Å². The number of nitrogens with zero attached hydrogens (tertiary/aromatic N) is 1. The molecular weight excluding hydrogens is 361 g/mol. The highest BCUT2D eigenvalue weighted by atomic mass is 19.1. The number of hydrogen-bond donors (Lipinski definition) is 2. The van der Waals surface area contributed by atoms with Crippen molar-refractivity contribution in [3.63, 3.8) is 0 Å². The number of anilines is 2. The van der Waals surface area contributed by atoms with Gasteiger partial charge in [0.15, 0.2) is 0 Å². The zero-order valence-corrected chi connectivity index (χ0v) is 15.1. The van der Waals surface area contributed by atoms with Gasteiger partial charge >= 0.3 is 0 Å². The van der Waals surface area contributed by atoms with E-state index in [0.29, 0.717) is 16.9 Å². The SMILES string of the molecule is Cc1ccc(=O)n(CC(=O)Nc2ccc(C(=O)Nc3cccc(F)c3)cc2)c1. The molecule has 0 atom stereocenters. The molecule has 1 heterocycles. The van der Waals surface area contributed by atoms with Crippen LogP contribution < -0.4 is 16.2 Å². The lowest BCUT2D eigenvalue weighted by molar-refractivity contribution is -0.116. The van der Waals surface area contributed by atoms with Crippen molar-refractivity contribution in [2.75, 3.05) is 10.6 Å². The summed E-state index contributed by atoms with van der Waals surface area (Å²) >= 11 is 0. The van der Waals surface area contributed by atoms with Crippen LogP contribution in [0.1, 0.15) is 15.9 Å². The second-order valence-electron chi connectivity index (χ2n) is 6.26. The van der Waals surface area contributed by atoms with E-state index in [2.05, 4.69) is 10.6 Å². The molecule has 0 aliphatic rings. The van der Waals surface area contributed by atoms with Crippen LogP contribution in [-0.4, -0.2) is 16.4 Å². The molecule has 0 saturated carbocycles. The number of carbonyl (C=O) groups excluding carboxylic acids is 2. The van der Waals surface area contributed by atoms with Crippen molar-refractivity contribution in [3.8, 4) is 0 Å². The molecule has 0 saturated heterocycles. The van der Waals surface area contributed by atoms with Crippen LogP contribution in [0.4, 0.5) is 15.8 Å². The fourth-order valence-corrected chi connectivity index (χ4v) is 2.60. The third-order valence-electron chi connectivity index (χ3n) is 3.96. The Bertz CT molecular complexity index is 1070. The Balaban J connectivity index is 1.62. The maximum atomic E-state index is 13.2. The van der Waals surface area contributed by atoms with Gasteiger partial charge in [0, 0.05) is 29.2 Å². The van der Waals surface area contributed by atoms with E-state index in [4.69, 9.17) is 0 Å². The molecule has 0 radical (unpaired) electrons. The van der Waals surface area contributed by atoms with Crippen LogP contribution in [0.2, 0.25) is 0 Å². The van der Waals surface area contributed by atoms with Gasteiger partial charge in [0.25, 0.3) is 11.5 Å². The fraction of sp³-hybridized carbons (Fsp3) is 0.0952. The Morgan fingerprint density at radius 1 is 0.964 bits per heavy atom. The zero-order valence-electron chi connectivity index (χ0n) is 15.1. The summed E-state index contributed by atoms with van der Waals surface area (Å²) in [5, 5.41) is 5.28. The molecule has 0 spiro atoms. The van der Waals surface area contributed by atoms with E-state index < -0.39 is 11.7 Å². The van der Waals surface area contributed by atoms with E-state index in [0.717, 1.165) is 5.56 Å². The first kappa shape index (κ1) is 19.0. The first-order valence-electron chi connectivity index (χ1n) is 8.55. The highest BCUT2D eigenvalue weighted by Gasteiger charge is 2.09. The van der Waals surface area contributed by atoms with E-state index in [1.807, 2.05) is 6.92 Å². The minimum absolute atomic E-state index is 0.109. The Morgan fingerprint density at radius 2 is 1.71 bits per heavy atom. The Morgan fingerprint density at radius 3 is 2.43 bits per heavy atom. The van der Waals surface area contributed by atoms with Crippen molar-refractivity contribution in [2.24, 2.45) is 0 Å². The summed E-state index contributed by atoms with van der Waals surface area (Å²) in [7, 11) is 0. The van der Waals surface area contributed by atoms with E-state index in [1.54, 1.807) is 42.6 Å². The monoisotopic (exact) mass is 379 g/mol. The van der Waals surface area contributed by atoms with Gasteiger partial charge in [-0.3, -0.25) is 14.4 Å². The average molecular weight is 379 g/mol. The summed E-state index contributed by atoms with van der Waals surface area (Å²) in [6, 6.07) is 14.9. The van der Waals surface area contributed by atoms with Gasteiger partial charge in [-0.25, -0.2) is 4.39 Å². The second-order valence-corrected chi connectivity index (χ2v) is 6.26. The number of benzene rings is 2. The lowest BCUT2D eigenvalue weighted by Crippen LogP contribution is -2.26. The highest BCUT2D eigenvalue weighted by Crippen LogP contribution is 2.14. The van der Waals surface area contributed by atoms with Gasteiger partial charge in [-0.2, -0.15) is 0 Å². The van der Waals surface area contributed by atoms with E-state index in [9.17, 15) is 18.8 Å². The molecule has 28 heavy (non-hydrogen) atoms. The summed E-state index contributed by atoms with van der Waals surface area (Å²) in [6.07, 6.45) is 1.61. The largest absolute Gasteiger partial charge is 0.325 e. The van der Waals surface area contributed by atoms with E-state index >= 15 is 0 Å². The van der Waals surface area contributed by atoms with Crippen LogP contribution >= 0.6 is 0 Å². The van der Waals surface area contributed by atoms with Crippen molar-refractivity contribution in [2.45, 2.75) is 13.5 Å². The summed E-state index contributed by atoms with van der Waals surface area (Å²) in [5.74, 6) is -1.19. The molecule has 142 valence electrons. The first-order chi connectivity index (χ1) is 13.4. The molecule has 2 amide bonds. The van der Waals surface area contributed by atoms with Crippen molar-refractivity contribution in [3.05, 3.63) is 94.2 Å². The third-order valence-corrected chi connectivity index (χ3v) is 3.96. The van der Waals surface area contributed by atoms with Crippen LogP contribution in [0.3, 0.4) is 0 Å². The Labute approximate surface area is 160 Å². The number of hydrogen-bond acceptors (Lipinski definition) is 3. The molecular formula is C21H18FN3O3. The Hall–Kier alpha value is -3.74. The molecule has 7 heteroatoms. The minimum Gasteiger partial charge on any atom is -0.325 e. The molecule has 3 aromatic rings. The molecule has 1 aromatic heterocycles. The number of aryl methyl sites for hydroxylation is 1. The maximum Gasteiger partial charge on any atom is 0.255 e. The fourth-order valence-electron chi connectivity index (χ4n) is 2.60. The molecule has 0 bridgehead atoms. The van der Waals surface area contributed by atoms with Gasteiger partial charge < -0.3 is 15.2 Å². The van der Waals surface area contributed by atoms with Gasteiger partial charge in [-0.1, -0.05) is 12.1 Å². The predicted octanol–water partition coefficient (Wildman–Crippen LogP) is 3.19. The first-order valence-corrected chi connectivity index (χ1v) is 8.55. The quantitative estimate of drug-likeness (QED) is 0.715. The van der Waals surface area contributed by atoms with Crippen molar-refractivity contribution >= 4 is 23.2 Å². The number of pyridine rings is 1. The molecule has 0 aliphatic heterocycles.